The van der Waals surface area contributed by atoms with Crippen LogP contribution in [0.15, 0.2) is 151 Å². The lowest BCUT2D eigenvalue weighted by Gasteiger charge is -2.32. The fourth-order valence-corrected chi connectivity index (χ4v) is 9.98. The summed E-state index contributed by atoms with van der Waals surface area (Å²) in [4.78, 5) is 49.7. The third kappa shape index (κ3) is 9.58. The molecule has 3 aliphatic rings. The van der Waals surface area contributed by atoms with Crippen LogP contribution in [0.1, 0.15) is 95.0 Å². The van der Waals surface area contributed by atoms with Gasteiger partial charge in [-0.1, -0.05) is 140 Å². The molecule has 2 amide bonds. The number of aliphatic imine (C=N–C) groups is 1. The first-order valence-electron chi connectivity index (χ1n) is 23.0. The van der Waals surface area contributed by atoms with Crippen molar-refractivity contribution in [3.63, 3.8) is 0 Å². The fraction of sp³-hybridized carbons (Fsp3) is 0.286. The maximum atomic E-state index is 14.1. The number of H-pyrrole nitrogens is 1. The summed E-state index contributed by atoms with van der Waals surface area (Å²) >= 11 is 0. The first-order chi connectivity index (χ1) is 31.7. The van der Waals surface area contributed by atoms with E-state index in [-0.39, 0.29) is 36.0 Å². The van der Waals surface area contributed by atoms with E-state index in [1.165, 1.54) is 16.7 Å². The van der Waals surface area contributed by atoms with E-state index in [1.807, 2.05) is 116 Å². The van der Waals surface area contributed by atoms with Crippen LogP contribution in [0, 0.1) is 0 Å². The summed E-state index contributed by atoms with van der Waals surface area (Å²) < 4.78 is 0. The summed E-state index contributed by atoms with van der Waals surface area (Å²) in [6.45, 7) is 1.47. The number of hydrogen-bond acceptors (Lipinski definition) is 6. The maximum absolute atomic E-state index is 14.1. The molecule has 0 radical (unpaired) electrons. The summed E-state index contributed by atoms with van der Waals surface area (Å²) in [6, 6.07) is 45.3. The van der Waals surface area contributed by atoms with Crippen molar-refractivity contribution >= 4 is 35.3 Å². The van der Waals surface area contributed by atoms with Gasteiger partial charge >= 0.3 is 0 Å². The van der Waals surface area contributed by atoms with Gasteiger partial charge in [0.15, 0.2) is 0 Å². The van der Waals surface area contributed by atoms with Gasteiger partial charge in [-0.15, -0.1) is 0 Å². The normalized spacial score (nSPS) is 18.4. The predicted octanol–water partition coefficient (Wildman–Crippen LogP) is 10.3. The van der Waals surface area contributed by atoms with Gasteiger partial charge in [0.25, 0.3) is 0 Å². The number of allylic oxidation sites excluding steroid dienone is 1. The van der Waals surface area contributed by atoms with Crippen molar-refractivity contribution in [1.29, 1.82) is 0 Å². The lowest BCUT2D eigenvalue weighted by molar-refractivity contribution is -0.137. The number of carbonyl (C=O) groups excluding carboxylic acids is 2. The van der Waals surface area contributed by atoms with Gasteiger partial charge < -0.3 is 14.8 Å². The molecule has 6 aromatic rings. The number of amides is 2. The van der Waals surface area contributed by atoms with Crippen LogP contribution in [-0.4, -0.2) is 94.4 Å². The van der Waals surface area contributed by atoms with E-state index in [4.69, 9.17) is 9.98 Å². The van der Waals surface area contributed by atoms with Crippen LogP contribution >= 0.6 is 0 Å². The highest BCUT2D eigenvalue weighted by Gasteiger charge is 2.39. The molecule has 0 aliphatic carbocycles. The SMILES string of the molecule is CN(C)[C@@H](C(=O)N1CCC[C@H]1C1=NC=C(c2ccc(/C=C/c3ccc(-c4cnc([C@@H]5CCCN5C(=O)[C@@H](c5ccccc5)N(C)C)[nH]4)cc3Cc3ccccc3)cc2)C1)c1ccccc1. The van der Waals surface area contributed by atoms with E-state index in [1.54, 1.807) is 0 Å². The van der Waals surface area contributed by atoms with Crippen LogP contribution < -0.4 is 0 Å². The zero-order chi connectivity index (χ0) is 44.9. The summed E-state index contributed by atoms with van der Waals surface area (Å²) in [7, 11) is 7.90. The molecule has 9 rings (SSSR count). The zero-order valence-corrected chi connectivity index (χ0v) is 38.0. The predicted molar refractivity (Wildman–Crippen MR) is 263 cm³/mol. The Labute approximate surface area is 383 Å². The lowest BCUT2D eigenvalue weighted by Crippen LogP contribution is -2.45. The average molecular weight is 862 g/mol. The minimum absolute atomic E-state index is 0.0195. The first kappa shape index (κ1) is 43.6. The number of benzene rings is 5. The second kappa shape index (κ2) is 19.6. The topological polar surface area (TPSA) is 88.1 Å². The van der Waals surface area contributed by atoms with E-state index >= 15 is 0 Å². The number of hydrogen-bond donors (Lipinski definition) is 1. The van der Waals surface area contributed by atoms with Gasteiger partial charge in [0.2, 0.25) is 11.8 Å². The van der Waals surface area contributed by atoms with Crippen molar-refractivity contribution in [3.05, 3.63) is 191 Å². The number of nitrogens with zero attached hydrogens (tertiary/aromatic N) is 6. The maximum Gasteiger partial charge on any atom is 0.245 e. The molecule has 4 atom stereocenters. The van der Waals surface area contributed by atoms with Gasteiger partial charge in [-0.3, -0.25) is 24.4 Å². The summed E-state index contributed by atoms with van der Waals surface area (Å²) in [5.74, 6) is 1.08. The minimum atomic E-state index is -0.354. The molecule has 2 saturated heterocycles. The molecule has 1 aromatic heterocycles. The van der Waals surface area contributed by atoms with Crippen LogP contribution in [0.5, 0.6) is 0 Å². The van der Waals surface area contributed by atoms with Crippen molar-refractivity contribution in [2.75, 3.05) is 41.3 Å². The number of carbonyl (C=O) groups is 2. The molecule has 0 spiro atoms. The second-order valence-corrected chi connectivity index (χ2v) is 18.1. The van der Waals surface area contributed by atoms with Gasteiger partial charge in [0.05, 0.1) is 24.0 Å². The number of aromatic nitrogens is 2. The molecule has 65 heavy (non-hydrogen) atoms. The van der Waals surface area contributed by atoms with E-state index in [0.717, 1.165) is 95.7 Å². The molecule has 0 unspecified atom stereocenters. The Kier molecular flexibility index (Phi) is 13.1. The summed E-state index contributed by atoms with van der Waals surface area (Å²) in [6.07, 6.45) is 13.6. The molecular formula is C56H59N7O2. The minimum Gasteiger partial charge on any atom is -0.340 e. The van der Waals surface area contributed by atoms with Crippen LogP contribution in [0.25, 0.3) is 29.0 Å². The molecular weight excluding hydrogens is 803 g/mol. The Morgan fingerprint density at radius 1 is 0.692 bits per heavy atom. The van der Waals surface area contributed by atoms with E-state index in [0.29, 0.717) is 6.54 Å². The van der Waals surface area contributed by atoms with Crippen LogP contribution in [0.4, 0.5) is 0 Å². The van der Waals surface area contributed by atoms with Crippen molar-refractivity contribution in [3.8, 4) is 11.3 Å². The Hall–Kier alpha value is -6.68. The molecule has 9 heteroatoms. The number of imidazole rings is 1. The fourth-order valence-electron chi connectivity index (χ4n) is 9.98. The van der Waals surface area contributed by atoms with E-state index < -0.39 is 0 Å². The molecule has 0 bridgehead atoms. The van der Waals surface area contributed by atoms with Gasteiger partial charge in [-0.25, -0.2) is 4.98 Å². The molecule has 9 nitrogen and oxygen atoms in total. The van der Waals surface area contributed by atoms with Crippen molar-refractivity contribution in [2.24, 2.45) is 4.99 Å². The molecule has 330 valence electrons. The number of nitrogens with one attached hydrogen (secondary N) is 1. The van der Waals surface area contributed by atoms with Gasteiger partial charge in [0, 0.05) is 31.4 Å². The standard InChI is InChI=1S/C56H59N7O2/c1-60(2)52(43-18-10-6-11-19-43)55(64)62-32-14-22-50(62)48-36-47(37-57-48)42-28-25-39(26-29-42)24-27-41-30-31-45(35-46(41)34-40-16-8-5-9-17-40)49-38-58-54(59-49)51-23-15-33-63(51)56(65)53(61(3)4)44-20-12-7-13-21-44/h5-13,16-21,24-31,35,37-38,50-53H,14-15,22-23,32-34,36H2,1-4H3,(H,58,59)/b27-24+/t50-,51-,52+,53+/m0/s1. The monoisotopic (exact) mass is 861 g/mol. The number of rotatable bonds is 14. The smallest absolute Gasteiger partial charge is 0.245 e. The van der Waals surface area contributed by atoms with E-state index in [9.17, 15) is 9.59 Å². The van der Waals surface area contributed by atoms with Crippen LogP contribution in [0.2, 0.25) is 0 Å². The molecule has 3 aliphatic heterocycles. The second-order valence-electron chi connectivity index (χ2n) is 18.1. The van der Waals surface area contributed by atoms with Gasteiger partial charge in [0.1, 0.15) is 17.9 Å². The van der Waals surface area contributed by atoms with Gasteiger partial charge in [-0.05, 0) is 116 Å². The van der Waals surface area contributed by atoms with Crippen molar-refractivity contribution < 1.29 is 9.59 Å². The number of likely N-dealkylation sites (tertiary alicyclic amines) is 2. The summed E-state index contributed by atoms with van der Waals surface area (Å²) in [5.41, 5.74) is 12.2. The lowest BCUT2D eigenvalue weighted by atomic mass is 9.95. The first-order valence-corrected chi connectivity index (χ1v) is 23.0. The molecule has 0 saturated carbocycles. The quantitative estimate of drug-likeness (QED) is 0.110. The molecule has 2 fully saturated rings. The van der Waals surface area contributed by atoms with E-state index in [2.05, 4.69) is 94.8 Å². The van der Waals surface area contributed by atoms with Crippen molar-refractivity contribution in [2.45, 2.75) is 62.7 Å². The Morgan fingerprint density at radius 3 is 1.88 bits per heavy atom. The van der Waals surface area contributed by atoms with Gasteiger partial charge in [-0.2, -0.15) is 0 Å². The average Bonchev–Trinajstić information content (AvgIpc) is 4.17. The molecule has 4 heterocycles. The highest BCUT2D eigenvalue weighted by atomic mass is 16.2. The molecule has 5 aromatic carbocycles. The third-order valence-electron chi connectivity index (χ3n) is 13.3. The highest BCUT2D eigenvalue weighted by Crippen LogP contribution is 2.36. The highest BCUT2D eigenvalue weighted by molar-refractivity contribution is 6.03. The van der Waals surface area contributed by atoms with Crippen LogP contribution in [0.3, 0.4) is 0 Å². The van der Waals surface area contributed by atoms with Crippen molar-refractivity contribution in [1.82, 2.24) is 29.6 Å². The Balaban J connectivity index is 0.886. The third-order valence-corrected chi connectivity index (χ3v) is 13.3. The zero-order valence-electron chi connectivity index (χ0n) is 38.0. The number of aromatic amines is 1. The van der Waals surface area contributed by atoms with Crippen LogP contribution in [-0.2, 0) is 16.0 Å². The molecule has 1 N–H and O–H groups in total. The largest absolute Gasteiger partial charge is 0.340 e. The Bertz CT molecular complexity index is 2690. The Morgan fingerprint density at radius 2 is 1.26 bits per heavy atom. The number of likely N-dealkylation sites (N-methyl/N-ethyl adjacent to an activating group) is 2. The summed E-state index contributed by atoms with van der Waals surface area (Å²) in [5, 5.41) is 0.